The van der Waals surface area contributed by atoms with Crippen LogP contribution < -0.4 is 4.90 Å². The molecule has 1 aromatic rings. The number of alkyl halides is 2. The second kappa shape index (κ2) is 4.10. The SMILES string of the molecule is COC(=O)c1cc(N2CC(F)(F)C2)cc(Cl)n1. The van der Waals surface area contributed by atoms with Gasteiger partial charge in [0.05, 0.1) is 20.2 Å². The lowest BCUT2D eigenvalue weighted by molar-refractivity contribution is -0.0262. The van der Waals surface area contributed by atoms with Crippen molar-refractivity contribution in [3.63, 3.8) is 0 Å². The Morgan fingerprint density at radius 2 is 2.18 bits per heavy atom. The normalized spacial score (nSPS) is 17.5. The second-order valence-corrected chi connectivity index (χ2v) is 4.12. The van der Waals surface area contributed by atoms with Crippen LogP contribution in [-0.2, 0) is 4.74 Å². The van der Waals surface area contributed by atoms with Crippen LogP contribution in [-0.4, -0.2) is 37.1 Å². The number of rotatable bonds is 2. The molecule has 0 spiro atoms. The molecule has 0 aromatic carbocycles. The van der Waals surface area contributed by atoms with E-state index in [0.717, 1.165) is 0 Å². The first-order valence-electron chi connectivity index (χ1n) is 4.80. The second-order valence-electron chi connectivity index (χ2n) is 3.74. The zero-order valence-electron chi connectivity index (χ0n) is 8.91. The quantitative estimate of drug-likeness (QED) is 0.604. The Labute approximate surface area is 101 Å². The van der Waals surface area contributed by atoms with E-state index in [0.29, 0.717) is 5.69 Å². The summed E-state index contributed by atoms with van der Waals surface area (Å²) >= 11 is 5.71. The molecule has 0 radical (unpaired) electrons. The van der Waals surface area contributed by atoms with Crippen molar-refractivity contribution in [2.75, 3.05) is 25.1 Å². The number of halogens is 3. The van der Waals surface area contributed by atoms with Gasteiger partial charge in [0, 0.05) is 5.69 Å². The van der Waals surface area contributed by atoms with Crippen LogP contribution in [0.4, 0.5) is 14.5 Å². The average Bonchev–Trinajstić information content (AvgIpc) is 2.23. The molecule has 0 N–H and O–H groups in total. The zero-order chi connectivity index (χ0) is 12.6. The van der Waals surface area contributed by atoms with E-state index in [4.69, 9.17) is 11.6 Å². The molecule has 1 aromatic heterocycles. The average molecular weight is 263 g/mol. The molecule has 4 nitrogen and oxygen atoms in total. The predicted octanol–water partition coefficient (Wildman–Crippen LogP) is 1.98. The van der Waals surface area contributed by atoms with Crippen LogP contribution in [0.2, 0.25) is 5.15 Å². The van der Waals surface area contributed by atoms with Crippen molar-refractivity contribution in [2.45, 2.75) is 5.92 Å². The lowest BCUT2D eigenvalue weighted by Gasteiger charge is -2.40. The summed E-state index contributed by atoms with van der Waals surface area (Å²) in [5.41, 5.74) is 0.446. The Morgan fingerprint density at radius 1 is 1.53 bits per heavy atom. The minimum absolute atomic E-state index is 0.00483. The molecular weight excluding hydrogens is 254 g/mol. The van der Waals surface area contributed by atoms with Gasteiger partial charge in [-0.25, -0.2) is 18.6 Å². The van der Waals surface area contributed by atoms with Crippen molar-refractivity contribution in [2.24, 2.45) is 0 Å². The van der Waals surface area contributed by atoms with Gasteiger partial charge in [0.2, 0.25) is 0 Å². The standard InChI is InChI=1S/C10H9ClF2N2O2/c1-17-9(16)7-2-6(3-8(11)14-7)15-4-10(12,13)5-15/h2-3H,4-5H2,1H3. The number of anilines is 1. The van der Waals surface area contributed by atoms with Crippen LogP contribution >= 0.6 is 11.6 Å². The maximum absolute atomic E-state index is 12.7. The molecule has 0 bridgehead atoms. The zero-order valence-corrected chi connectivity index (χ0v) is 9.67. The number of pyridine rings is 1. The number of methoxy groups -OCH3 is 1. The van der Waals surface area contributed by atoms with E-state index in [1.807, 2.05) is 0 Å². The fourth-order valence-electron chi connectivity index (χ4n) is 1.57. The highest BCUT2D eigenvalue weighted by Crippen LogP contribution is 2.32. The fourth-order valence-corrected chi connectivity index (χ4v) is 1.77. The molecule has 1 saturated heterocycles. The molecule has 1 fully saturated rings. The van der Waals surface area contributed by atoms with Crippen LogP contribution in [0.15, 0.2) is 12.1 Å². The number of hydrogen-bond donors (Lipinski definition) is 0. The van der Waals surface area contributed by atoms with E-state index in [1.54, 1.807) is 0 Å². The molecule has 0 unspecified atom stereocenters. The van der Waals surface area contributed by atoms with E-state index in [1.165, 1.54) is 24.1 Å². The van der Waals surface area contributed by atoms with Gasteiger partial charge < -0.3 is 9.64 Å². The molecule has 92 valence electrons. The largest absolute Gasteiger partial charge is 0.464 e. The Balaban J connectivity index is 2.24. The van der Waals surface area contributed by atoms with Crippen LogP contribution in [0, 0.1) is 0 Å². The van der Waals surface area contributed by atoms with Crippen LogP contribution in [0.1, 0.15) is 10.5 Å². The minimum Gasteiger partial charge on any atom is -0.464 e. The van der Waals surface area contributed by atoms with E-state index in [9.17, 15) is 13.6 Å². The van der Waals surface area contributed by atoms with Gasteiger partial charge in [-0.3, -0.25) is 0 Å². The van der Waals surface area contributed by atoms with Crippen molar-refractivity contribution in [3.05, 3.63) is 23.0 Å². The van der Waals surface area contributed by atoms with E-state index < -0.39 is 11.9 Å². The van der Waals surface area contributed by atoms with Crippen molar-refractivity contribution in [1.82, 2.24) is 4.98 Å². The Bertz CT molecular complexity index is 460. The monoisotopic (exact) mass is 262 g/mol. The number of carbonyl (C=O) groups excluding carboxylic acids is 1. The van der Waals surface area contributed by atoms with Crippen LogP contribution in [0.5, 0.6) is 0 Å². The Morgan fingerprint density at radius 3 is 2.71 bits per heavy atom. The molecule has 2 heterocycles. The molecule has 0 atom stereocenters. The first-order chi connectivity index (χ1) is 7.91. The third-order valence-corrected chi connectivity index (χ3v) is 2.58. The van der Waals surface area contributed by atoms with Crippen molar-refractivity contribution >= 4 is 23.3 Å². The summed E-state index contributed by atoms with van der Waals surface area (Å²) in [7, 11) is 1.21. The lowest BCUT2D eigenvalue weighted by Crippen LogP contribution is -2.56. The fraction of sp³-hybridized carbons (Fsp3) is 0.400. The molecule has 0 saturated carbocycles. The van der Waals surface area contributed by atoms with Crippen LogP contribution in [0.25, 0.3) is 0 Å². The number of hydrogen-bond acceptors (Lipinski definition) is 4. The molecule has 7 heteroatoms. The third kappa shape index (κ3) is 2.46. The lowest BCUT2D eigenvalue weighted by atomic mass is 10.1. The number of nitrogens with zero attached hydrogens (tertiary/aromatic N) is 2. The summed E-state index contributed by atoms with van der Waals surface area (Å²) < 4.78 is 29.9. The molecule has 17 heavy (non-hydrogen) atoms. The van der Waals surface area contributed by atoms with Gasteiger partial charge in [0.25, 0.3) is 5.92 Å². The summed E-state index contributed by atoms with van der Waals surface area (Å²) in [6.07, 6.45) is 0. The van der Waals surface area contributed by atoms with Crippen molar-refractivity contribution in [1.29, 1.82) is 0 Å². The highest BCUT2D eigenvalue weighted by atomic mass is 35.5. The van der Waals surface area contributed by atoms with Gasteiger partial charge in [0.1, 0.15) is 5.15 Å². The maximum Gasteiger partial charge on any atom is 0.356 e. The number of carbonyl (C=O) groups is 1. The number of esters is 1. The molecule has 1 aliphatic rings. The summed E-state index contributed by atoms with van der Waals surface area (Å²) in [5.74, 6) is -3.33. The predicted molar refractivity (Wildman–Crippen MR) is 57.7 cm³/mol. The van der Waals surface area contributed by atoms with Crippen molar-refractivity contribution < 1.29 is 18.3 Å². The summed E-state index contributed by atoms with van der Waals surface area (Å²) in [6.45, 7) is -0.762. The van der Waals surface area contributed by atoms with E-state index in [-0.39, 0.29) is 23.9 Å². The minimum atomic E-state index is -2.68. The van der Waals surface area contributed by atoms with Gasteiger partial charge in [-0.15, -0.1) is 0 Å². The maximum atomic E-state index is 12.7. The van der Waals surface area contributed by atoms with Gasteiger partial charge >= 0.3 is 5.97 Å². The van der Waals surface area contributed by atoms with E-state index >= 15 is 0 Å². The van der Waals surface area contributed by atoms with Gasteiger partial charge in [-0.2, -0.15) is 0 Å². The summed E-state index contributed by atoms with van der Waals surface area (Å²) in [6, 6.07) is 2.82. The molecule has 1 aliphatic heterocycles. The number of ether oxygens (including phenoxy) is 1. The van der Waals surface area contributed by atoms with Gasteiger partial charge in [0.15, 0.2) is 5.69 Å². The highest BCUT2D eigenvalue weighted by molar-refractivity contribution is 6.29. The van der Waals surface area contributed by atoms with Gasteiger partial charge in [-0.05, 0) is 12.1 Å². The van der Waals surface area contributed by atoms with Crippen molar-refractivity contribution in [3.8, 4) is 0 Å². The Kier molecular flexibility index (Phi) is 2.91. The first kappa shape index (κ1) is 12.0. The molecule has 0 amide bonds. The molecule has 2 rings (SSSR count). The summed E-state index contributed by atoms with van der Waals surface area (Å²) in [5, 5.41) is 0.0677. The number of aromatic nitrogens is 1. The molecular formula is C10H9ClF2N2O2. The topological polar surface area (TPSA) is 42.4 Å². The highest BCUT2D eigenvalue weighted by Gasteiger charge is 2.44. The first-order valence-corrected chi connectivity index (χ1v) is 5.18. The molecule has 0 aliphatic carbocycles. The Hall–Kier alpha value is -1.43. The third-order valence-electron chi connectivity index (χ3n) is 2.38. The smallest absolute Gasteiger partial charge is 0.356 e. The van der Waals surface area contributed by atoms with Crippen LogP contribution in [0.3, 0.4) is 0 Å². The van der Waals surface area contributed by atoms with E-state index in [2.05, 4.69) is 9.72 Å². The van der Waals surface area contributed by atoms with Gasteiger partial charge in [-0.1, -0.05) is 11.6 Å². The summed E-state index contributed by atoms with van der Waals surface area (Å²) in [4.78, 5) is 16.4.